The molecule has 4 rings (SSSR count). The molecule has 31 heavy (non-hydrogen) atoms. The van der Waals surface area contributed by atoms with Crippen LogP contribution in [0.25, 0.3) is 0 Å². The Labute approximate surface area is 186 Å². The highest BCUT2D eigenvalue weighted by atomic mass is 32.2. The fourth-order valence-electron chi connectivity index (χ4n) is 6.52. The Morgan fingerprint density at radius 3 is 2.61 bits per heavy atom. The van der Waals surface area contributed by atoms with E-state index in [9.17, 15) is 13.2 Å². The first-order chi connectivity index (χ1) is 14.6. The summed E-state index contributed by atoms with van der Waals surface area (Å²) in [5, 5.41) is 3.41. The summed E-state index contributed by atoms with van der Waals surface area (Å²) in [4.78, 5) is 12.9. The minimum atomic E-state index is -3.51. The summed E-state index contributed by atoms with van der Waals surface area (Å²) in [6.45, 7) is 9.50. The molecule has 5 atom stereocenters. The molecule has 2 N–H and O–H groups in total. The molecule has 1 aromatic rings. The Hall–Kier alpha value is -1.44. The predicted octanol–water partition coefficient (Wildman–Crippen LogP) is 3.34. The van der Waals surface area contributed by atoms with Gasteiger partial charge in [0.1, 0.15) is 0 Å². The van der Waals surface area contributed by atoms with E-state index >= 15 is 0 Å². The summed E-state index contributed by atoms with van der Waals surface area (Å²) in [7, 11) is -3.51. The Balaban J connectivity index is 1.46. The van der Waals surface area contributed by atoms with E-state index in [2.05, 4.69) is 23.9 Å². The molecule has 1 saturated heterocycles. The van der Waals surface area contributed by atoms with E-state index in [-0.39, 0.29) is 39.7 Å². The van der Waals surface area contributed by atoms with Crippen molar-refractivity contribution < 1.29 is 17.9 Å². The summed E-state index contributed by atoms with van der Waals surface area (Å²) in [6, 6.07) is 8.62. The van der Waals surface area contributed by atoms with Crippen LogP contribution < -0.4 is 10.0 Å². The smallest absolute Gasteiger partial charge is 0.240 e. The largest absolute Gasteiger partial charge is 0.378 e. The van der Waals surface area contributed by atoms with Gasteiger partial charge in [0.2, 0.25) is 15.9 Å². The molecule has 1 heterocycles. The first kappa shape index (κ1) is 22.7. The van der Waals surface area contributed by atoms with Gasteiger partial charge in [-0.15, -0.1) is 0 Å². The number of sulfonamides is 1. The number of hydrogen-bond donors (Lipinski definition) is 2. The van der Waals surface area contributed by atoms with E-state index in [1.165, 1.54) is 0 Å². The maximum absolute atomic E-state index is 12.6. The van der Waals surface area contributed by atoms with Gasteiger partial charge < -0.3 is 10.1 Å². The maximum atomic E-state index is 12.6. The zero-order valence-electron chi connectivity index (χ0n) is 19.1. The molecule has 1 spiro atoms. The van der Waals surface area contributed by atoms with Gasteiger partial charge in [-0.1, -0.05) is 45.9 Å². The van der Waals surface area contributed by atoms with E-state index < -0.39 is 10.0 Å². The fraction of sp³-hybridized carbons (Fsp3) is 0.708. The van der Waals surface area contributed by atoms with Gasteiger partial charge in [-0.25, -0.2) is 13.1 Å². The second-order valence-electron chi connectivity index (χ2n) is 10.6. The number of hydrogen-bond acceptors (Lipinski definition) is 4. The Morgan fingerprint density at radius 1 is 1.23 bits per heavy atom. The molecule has 0 radical (unpaired) electrons. The summed E-state index contributed by atoms with van der Waals surface area (Å²) in [6.07, 6.45) is 3.86. The first-order valence-corrected chi connectivity index (χ1v) is 13.0. The lowest BCUT2D eigenvalue weighted by atomic mass is 9.59. The Kier molecular flexibility index (Phi) is 5.99. The van der Waals surface area contributed by atoms with Crippen molar-refractivity contribution in [2.24, 2.45) is 28.6 Å². The molecule has 2 bridgehead atoms. The number of fused-ring (bicyclic) bond motifs is 1. The van der Waals surface area contributed by atoms with E-state index in [4.69, 9.17) is 4.74 Å². The number of carbonyl (C=O) groups is 1. The number of ether oxygens (including phenoxy) is 1. The summed E-state index contributed by atoms with van der Waals surface area (Å²) >= 11 is 0. The van der Waals surface area contributed by atoms with Crippen LogP contribution in [0.1, 0.15) is 53.4 Å². The third-order valence-corrected chi connectivity index (χ3v) is 9.69. The van der Waals surface area contributed by atoms with E-state index in [0.717, 1.165) is 19.3 Å². The zero-order chi connectivity index (χ0) is 22.4. The van der Waals surface area contributed by atoms with Crippen LogP contribution in [0.4, 0.5) is 0 Å². The lowest BCUT2D eigenvalue weighted by molar-refractivity contribution is -0.138. The van der Waals surface area contributed by atoms with Crippen LogP contribution in [0.3, 0.4) is 0 Å². The van der Waals surface area contributed by atoms with Crippen LogP contribution >= 0.6 is 0 Å². The predicted molar refractivity (Wildman–Crippen MR) is 120 cm³/mol. The molecule has 3 fully saturated rings. The fourth-order valence-corrected chi connectivity index (χ4v) is 7.59. The minimum absolute atomic E-state index is 0.0202. The van der Waals surface area contributed by atoms with Gasteiger partial charge in [-0.2, -0.15) is 0 Å². The highest BCUT2D eigenvalue weighted by molar-refractivity contribution is 7.89. The number of nitrogens with one attached hydrogen (secondary N) is 2. The quantitative estimate of drug-likeness (QED) is 0.670. The molecule has 7 heteroatoms. The molecule has 1 amide bonds. The Morgan fingerprint density at radius 2 is 1.94 bits per heavy atom. The maximum Gasteiger partial charge on any atom is 0.240 e. The number of carbonyl (C=O) groups excluding carboxylic acids is 1. The lowest BCUT2D eigenvalue weighted by Crippen LogP contribution is -2.60. The van der Waals surface area contributed by atoms with Crippen molar-refractivity contribution in [1.82, 2.24) is 10.0 Å². The summed E-state index contributed by atoms with van der Waals surface area (Å²) in [5.41, 5.74) is 0.123. The minimum Gasteiger partial charge on any atom is -0.378 e. The van der Waals surface area contributed by atoms with Gasteiger partial charge >= 0.3 is 0 Å². The Bertz CT molecular complexity index is 915. The van der Waals surface area contributed by atoms with Crippen LogP contribution in [-0.4, -0.2) is 39.6 Å². The molecule has 172 valence electrons. The summed E-state index contributed by atoms with van der Waals surface area (Å²) < 4.78 is 34.0. The molecule has 2 saturated carbocycles. The van der Waals surface area contributed by atoms with Gasteiger partial charge in [0, 0.05) is 25.1 Å². The molecular weight excluding hydrogens is 412 g/mol. The third kappa shape index (κ3) is 3.93. The third-order valence-electron chi connectivity index (χ3n) is 8.21. The number of rotatable bonds is 7. The van der Waals surface area contributed by atoms with Gasteiger partial charge in [0.15, 0.2) is 0 Å². The average Bonchev–Trinajstić information content (AvgIpc) is 3.21. The molecule has 1 aliphatic heterocycles. The van der Waals surface area contributed by atoms with Crippen molar-refractivity contribution in [2.45, 2.75) is 70.4 Å². The van der Waals surface area contributed by atoms with Crippen molar-refractivity contribution in [3.63, 3.8) is 0 Å². The van der Waals surface area contributed by atoms with Crippen molar-refractivity contribution >= 4 is 15.9 Å². The van der Waals surface area contributed by atoms with Crippen molar-refractivity contribution in [3.05, 3.63) is 30.3 Å². The van der Waals surface area contributed by atoms with Crippen molar-refractivity contribution in [3.8, 4) is 0 Å². The highest BCUT2D eigenvalue weighted by Gasteiger charge is 2.68. The average molecular weight is 449 g/mol. The molecule has 0 unspecified atom stereocenters. The van der Waals surface area contributed by atoms with Gasteiger partial charge in [0.05, 0.1) is 11.0 Å². The zero-order valence-corrected chi connectivity index (χ0v) is 19.9. The van der Waals surface area contributed by atoms with Gasteiger partial charge in [-0.3, -0.25) is 4.79 Å². The van der Waals surface area contributed by atoms with E-state index in [1.54, 1.807) is 30.3 Å². The normalized spacial score (nSPS) is 34.0. The SMILES string of the molecule is CC(C)C(=O)N[C@H]1C(C)(C)[C@@H]2C[C@@H]3[C@@H](CCNS(=O)(=O)c4ccccc4)OCC[C@@]31C2. The topological polar surface area (TPSA) is 84.5 Å². The van der Waals surface area contributed by atoms with Crippen LogP contribution in [0, 0.1) is 28.6 Å². The second-order valence-corrected chi connectivity index (χ2v) is 12.3. The molecule has 2 aliphatic carbocycles. The first-order valence-electron chi connectivity index (χ1n) is 11.5. The molecular formula is C24H36N2O4S. The van der Waals surface area contributed by atoms with Crippen molar-refractivity contribution in [2.75, 3.05) is 13.2 Å². The second kappa shape index (κ2) is 8.16. The van der Waals surface area contributed by atoms with Gasteiger partial charge in [-0.05, 0) is 60.5 Å². The van der Waals surface area contributed by atoms with Crippen LogP contribution in [0.2, 0.25) is 0 Å². The standard InChI is InChI=1S/C24H36N2O4S/c1-16(2)21(27)26-22-23(3,4)17-14-19-20(30-13-11-24(19,22)15-17)10-12-25-31(28,29)18-8-6-5-7-9-18/h5-9,16-17,19-20,22,25H,10-15H2,1-4H3,(H,26,27)/t17-,19-,20-,22+,24-/m1/s1. The van der Waals surface area contributed by atoms with Gasteiger partial charge in [0.25, 0.3) is 0 Å². The highest BCUT2D eigenvalue weighted by Crippen LogP contribution is 2.68. The molecule has 6 nitrogen and oxygen atoms in total. The molecule has 3 aliphatic rings. The van der Waals surface area contributed by atoms with E-state index in [1.807, 2.05) is 13.8 Å². The van der Waals surface area contributed by atoms with Crippen molar-refractivity contribution in [1.29, 1.82) is 0 Å². The molecule has 1 aromatic carbocycles. The monoisotopic (exact) mass is 448 g/mol. The number of benzene rings is 1. The van der Waals surface area contributed by atoms with Crippen LogP contribution in [-0.2, 0) is 19.6 Å². The number of amides is 1. The summed E-state index contributed by atoms with van der Waals surface area (Å²) in [5.74, 6) is 1.00. The van der Waals surface area contributed by atoms with Crippen LogP contribution in [0.15, 0.2) is 35.2 Å². The van der Waals surface area contributed by atoms with E-state index in [0.29, 0.717) is 31.4 Å². The molecule has 0 aromatic heterocycles. The lowest BCUT2D eigenvalue weighted by Gasteiger charge is -2.53. The van der Waals surface area contributed by atoms with Crippen LogP contribution in [0.5, 0.6) is 0 Å².